The zero-order valence-corrected chi connectivity index (χ0v) is 14.0. The molecule has 1 aromatic heterocycles. The summed E-state index contributed by atoms with van der Waals surface area (Å²) in [6.45, 7) is 5.26. The van der Waals surface area contributed by atoms with E-state index < -0.39 is 0 Å². The highest BCUT2D eigenvalue weighted by Gasteiger charge is 2.28. The van der Waals surface area contributed by atoms with Crippen LogP contribution in [0.1, 0.15) is 42.6 Å². The van der Waals surface area contributed by atoms with E-state index in [-0.39, 0.29) is 6.10 Å². The number of aromatic nitrogens is 1. The minimum atomic E-state index is 0.131. The fourth-order valence-corrected chi connectivity index (χ4v) is 3.45. The second kappa shape index (κ2) is 7.71. The Morgan fingerprint density at radius 2 is 2.09 bits per heavy atom. The van der Waals surface area contributed by atoms with Gasteiger partial charge in [0.15, 0.2) is 0 Å². The van der Waals surface area contributed by atoms with Gasteiger partial charge in [-0.3, -0.25) is 4.98 Å². The van der Waals surface area contributed by atoms with Crippen LogP contribution >= 0.6 is 0 Å². The molecule has 23 heavy (non-hydrogen) atoms. The summed E-state index contributed by atoms with van der Waals surface area (Å²) < 4.78 is 6.06. The van der Waals surface area contributed by atoms with Crippen LogP contribution in [-0.4, -0.2) is 23.7 Å². The molecule has 1 unspecified atom stereocenters. The fourth-order valence-electron chi connectivity index (χ4n) is 3.45. The molecular formula is C20H26N2O. The van der Waals surface area contributed by atoms with Gasteiger partial charge in [0.05, 0.1) is 6.10 Å². The molecule has 122 valence electrons. The minimum absolute atomic E-state index is 0.131. The first kappa shape index (κ1) is 16.2. The highest BCUT2D eigenvalue weighted by Crippen LogP contribution is 2.28. The van der Waals surface area contributed by atoms with Crippen LogP contribution in [0.15, 0.2) is 48.8 Å². The largest absolute Gasteiger partial charge is 0.372 e. The Labute approximate surface area is 139 Å². The van der Waals surface area contributed by atoms with Crippen LogP contribution < -0.4 is 5.32 Å². The maximum Gasteiger partial charge on any atom is 0.0978 e. The number of rotatable bonds is 5. The van der Waals surface area contributed by atoms with E-state index in [2.05, 4.69) is 60.5 Å². The van der Waals surface area contributed by atoms with Crippen molar-refractivity contribution in [3.8, 4) is 0 Å². The van der Waals surface area contributed by atoms with E-state index in [4.69, 9.17) is 4.74 Å². The lowest BCUT2D eigenvalue weighted by atomic mass is 9.95. The lowest BCUT2D eigenvalue weighted by Crippen LogP contribution is -2.44. The van der Waals surface area contributed by atoms with Crippen molar-refractivity contribution in [3.05, 3.63) is 65.5 Å². The quantitative estimate of drug-likeness (QED) is 0.911. The zero-order chi connectivity index (χ0) is 16.1. The van der Waals surface area contributed by atoms with Gasteiger partial charge in [-0.05, 0) is 56.4 Å². The molecule has 2 aromatic rings. The van der Waals surface area contributed by atoms with Gasteiger partial charge in [0, 0.05) is 31.1 Å². The molecule has 1 fully saturated rings. The highest BCUT2D eigenvalue weighted by molar-refractivity contribution is 5.23. The first-order chi connectivity index (χ1) is 11.2. The van der Waals surface area contributed by atoms with Gasteiger partial charge in [0.2, 0.25) is 0 Å². The van der Waals surface area contributed by atoms with Crippen LogP contribution in [0.4, 0.5) is 0 Å². The molecule has 2 heterocycles. The molecule has 0 amide bonds. The van der Waals surface area contributed by atoms with Gasteiger partial charge in [-0.2, -0.15) is 0 Å². The molecule has 3 nitrogen and oxygen atoms in total. The van der Waals surface area contributed by atoms with Crippen molar-refractivity contribution in [1.82, 2.24) is 10.3 Å². The zero-order valence-electron chi connectivity index (χ0n) is 14.0. The summed E-state index contributed by atoms with van der Waals surface area (Å²) >= 11 is 0. The van der Waals surface area contributed by atoms with E-state index in [0.717, 1.165) is 25.9 Å². The van der Waals surface area contributed by atoms with E-state index >= 15 is 0 Å². The van der Waals surface area contributed by atoms with E-state index in [1.54, 1.807) is 0 Å². The Morgan fingerprint density at radius 3 is 2.87 bits per heavy atom. The molecule has 0 saturated carbocycles. The number of nitrogens with one attached hydrogen (secondary N) is 1. The van der Waals surface area contributed by atoms with Gasteiger partial charge in [-0.15, -0.1) is 0 Å². The standard InChI is InChI=1S/C20H26N2O/c1-15-5-3-6-17(13-15)14-16(2)22-19-7-4-12-23-20(19)18-8-10-21-11-9-18/h3,5-6,8-11,13,16,19-20,22H,4,7,12,14H2,1-2H3/t16?,19-,20+/m0/s1. The molecule has 3 atom stereocenters. The maximum absolute atomic E-state index is 6.06. The SMILES string of the molecule is Cc1cccc(CC(C)N[C@H]2CCCO[C@@H]2c2ccncc2)c1. The first-order valence-electron chi connectivity index (χ1n) is 8.55. The second-order valence-electron chi connectivity index (χ2n) is 6.58. The molecule has 1 N–H and O–H groups in total. The van der Waals surface area contributed by atoms with Crippen LogP contribution in [0.3, 0.4) is 0 Å². The molecule has 1 aromatic carbocycles. The Bertz CT molecular complexity index is 614. The average Bonchev–Trinajstić information content (AvgIpc) is 2.56. The molecule has 0 bridgehead atoms. The van der Waals surface area contributed by atoms with Gasteiger partial charge >= 0.3 is 0 Å². The lowest BCUT2D eigenvalue weighted by Gasteiger charge is -2.34. The van der Waals surface area contributed by atoms with Crippen LogP contribution in [0.2, 0.25) is 0 Å². The summed E-state index contributed by atoms with van der Waals surface area (Å²) in [7, 11) is 0. The fraction of sp³-hybridized carbons (Fsp3) is 0.450. The molecule has 3 rings (SSSR count). The molecule has 1 saturated heterocycles. The number of benzene rings is 1. The van der Waals surface area contributed by atoms with Crippen LogP contribution in [-0.2, 0) is 11.2 Å². The van der Waals surface area contributed by atoms with E-state index in [0.29, 0.717) is 12.1 Å². The summed E-state index contributed by atoms with van der Waals surface area (Å²) in [5.41, 5.74) is 3.94. The molecule has 1 aliphatic rings. The molecule has 0 aliphatic carbocycles. The molecule has 0 radical (unpaired) electrons. The molecule has 3 heteroatoms. The second-order valence-corrected chi connectivity index (χ2v) is 6.58. The van der Waals surface area contributed by atoms with Crippen molar-refractivity contribution in [2.45, 2.75) is 51.3 Å². The monoisotopic (exact) mass is 310 g/mol. The summed E-state index contributed by atoms with van der Waals surface area (Å²) in [5, 5.41) is 3.79. The summed E-state index contributed by atoms with van der Waals surface area (Å²) in [4.78, 5) is 4.11. The molecule has 1 aliphatic heterocycles. The number of hydrogen-bond acceptors (Lipinski definition) is 3. The Balaban J connectivity index is 1.64. The van der Waals surface area contributed by atoms with Crippen LogP contribution in [0.5, 0.6) is 0 Å². The Hall–Kier alpha value is -1.71. The van der Waals surface area contributed by atoms with Crippen molar-refractivity contribution in [1.29, 1.82) is 0 Å². The van der Waals surface area contributed by atoms with Crippen molar-refractivity contribution in [3.63, 3.8) is 0 Å². The van der Waals surface area contributed by atoms with E-state index in [1.165, 1.54) is 16.7 Å². The number of hydrogen-bond donors (Lipinski definition) is 1. The third-order valence-electron chi connectivity index (χ3n) is 4.48. The van der Waals surface area contributed by atoms with Crippen molar-refractivity contribution >= 4 is 0 Å². The maximum atomic E-state index is 6.06. The number of nitrogens with zero attached hydrogens (tertiary/aromatic N) is 1. The minimum Gasteiger partial charge on any atom is -0.372 e. The lowest BCUT2D eigenvalue weighted by molar-refractivity contribution is -0.0133. The average molecular weight is 310 g/mol. The number of aryl methyl sites for hydroxylation is 1. The Kier molecular flexibility index (Phi) is 5.42. The predicted molar refractivity (Wildman–Crippen MR) is 93.4 cm³/mol. The van der Waals surface area contributed by atoms with Gasteiger partial charge in [-0.25, -0.2) is 0 Å². The van der Waals surface area contributed by atoms with Crippen LogP contribution in [0.25, 0.3) is 0 Å². The van der Waals surface area contributed by atoms with Crippen molar-refractivity contribution in [2.75, 3.05) is 6.61 Å². The summed E-state index contributed by atoms with van der Waals surface area (Å²) in [5.74, 6) is 0. The van der Waals surface area contributed by atoms with Gasteiger partial charge in [0.1, 0.15) is 0 Å². The highest BCUT2D eigenvalue weighted by atomic mass is 16.5. The summed E-state index contributed by atoms with van der Waals surface area (Å²) in [6, 6.07) is 13.7. The van der Waals surface area contributed by atoms with Gasteiger partial charge in [0.25, 0.3) is 0 Å². The smallest absolute Gasteiger partial charge is 0.0978 e. The number of ether oxygens (including phenoxy) is 1. The normalized spacial score (nSPS) is 22.7. The Morgan fingerprint density at radius 1 is 1.26 bits per heavy atom. The van der Waals surface area contributed by atoms with E-state index in [9.17, 15) is 0 Å². The van der Waals surface area contributed by atoms with Crippen molar-refractivity contribution in [2.24, 2.45) is 0 Å². The summed E-state index contributed by atoms with van der Waals surface area (Å²) in [6.07, 6.45) is 7.15. The number of pyridine rings is 1. The third kappa shape index (κ3) is 4.40. The van der Waals surface area contributed by atoms with E-state index in [1.807, 2.05) is 12.4 Å². The van der Waals surface area contributed by atoms with Gasteiger partial charge in [-0.1, -0.05) is 29.8 Å². The predicted octanol–water partition coefficient (Wildman–Crippen LogP) is 3.83. The third-order valence-corrected chi connectivity index (χ3v) is 4.48. The molecule has 0 spiro atoms. The van der Waals surface area contributed by atoms with Crippen molar-refractivity contribution < 1.29 is 4.74 Å². The first-order valence-corrected chi connectivity index (χ1v) is 8.55. The van der Waals surface area contributed by atoms with Crippen LogP contribution in [0, 0.1) is 6.92 Å². The topological polar surface area (TPSA) is 34.1 Å². The van der Waals surface area contributed by atoms with Gasteiger partial charge < -0.3 is 10.1 Å². The molecular weight excluding hydrogens is 284 g/mol.